The first-order valence-electron chi connectivity index (χ1n) is 14.0. The van der Waals surface area contributed by atoms with Gasteiger partial charge in [0.1, 0.15) is 11.2 Å². The molecular weight excluding hydrogens is 528 g/mol. The highest BCUT2D eigenvalue weighted by atomic mass is 16.3. The summed E-state index contributed by atoms with van der Waals surface area (Å²) in [4.78, 5) is 2.24. The maximum absolute atomic E-state index is 9.75. The Morgan fingerprint density at radius 1 is 0.535 bits per heavy atom. The summed E-state index contributed by atoms with van der Waals surface area (Å²) in [6, 6.07) is 49.1. The van der Waals surface area contributed by atoms with Gasteiger partial charge in [0.2, 0.25) is 0 Å². The van der Waals surface area contributed by atoms with Crippen molar-refractivity contribution in [3.05, 3.63) is 145 Å². The zero-order valence-corrected chi connectivity index (χ0v) is 22.9. The Morgan fingerprint density at radius 3 is 1.84 bits per heavy atom. The molecule has 2 heterocycles. The van der Waals surface area contributed by atoms with E-state index in [1.54, 1.807) is 6.07 Å². The molecule has 2 aromatic heterocycles. The van der Waals surface area contributed by atoms with Gasteiger partial charge in [-0.2, -0.15) is 10.5 Å². The lowest BCUT2D eigenvalue weighted by Gasteiger charge is -2.25. The number of anilines is 3. The van der Waals surface area contributed by atoms with E-state index >= 15 is 0 Å². The minimum atomic E-state index is 0.435. The number of nitriles is 2. The van der Waals surface area contributed by atoms with Gasteiger partial charge in [0.05, 0.1) is 39.7 Å². The number of hydrogen-bond acceptors (Lipinski definition) is 4. The molecule has 0 bridgehead atoms. The number of para-hydroxylation sites is 3. The van der Waals surface area contributed by atoms with Gasteiger partial charge in [-0.25, -0.2) is 0 Å². The second-order valence-corrected chi connectivity index (χ2v) is 10.5. The Balaban J connectivity index is 1.50. The van der Waals surface area contributed by atoms with Crippen LogP contribution in [0, 0.1) is 22.7 Å². The van der Waals surface area contributed by atoms with E-state index < -0.39 is 0 Å². The number of furan rings is 1. The molecule has 0 N–H and O–H groups in total. The van der Waals surface area contributed by atoms with Crippen LogP contribution in [0.3, 0.4) is 0 Å². The lowest BCUT2D eigenvalue weighted by molar-refractivity contribution is 0.673. The molecule has 0 atom stereocenters. The van der Waals surface area contributed by atoms with Gasteiger partial charge in [-0.1, -0.05) is 54.6 Å². The Hall–Kier alpha value is -6.30. The third kappa shape index (κ3) is 3.84. The van der Waals surface area contributed by atoms with Gasteiger partial charge in [-0.3, -0.25) is 0 Å². The van der Waals surface area contributed by atoms with Crippen molar-refractivity contribution in [1.29, 1.82) is 10.5 Å². The first kappa shape index (κ1) is 24.5. The van der Waals surface area contributed by atoms with Crippen LogP contribution < -0.4 is 4.90 Å². The molecule has 43 heavy (non-hydrogen) atoms. The summed E-state index contributed by atoms with van der Waals surface area (Å²) in [5.74, 6) is 0. The zero-order chi connectivity index (χ0) is 28.9. The van der Waals surface area contributed by atoms with Crippen LogP contribution >= 0.6 is 0 Å². The van der Waals surface area contributed by atoms with E-state index in [2.05, 4.69) is 82.3 Å². The fourth-order valence-electron chi connectivity index (χ4n) is 6.16. The Bertz CT molecular complexity index is 2350. The highest BCUT2D eigenvalue weighted by molar-refractivity contribution is 6.24. The van der Waals surface area contributed by atoms with Crippen LogP contribution in [0.5, 0.6) is 0 Å². The number of fused-ring (bicyclic) bond motifs is 7. The molecular formula is C38H22N4O. The molecule has 200 valence electrons. The second-order valence-electron chi connectivity index (χ2n) is 10.5. The van der Waals surface area contributed by atoms with Crippen molar-refractivity contribution in [2.24, 2.45) is 0 Å². The quantitative estimate of drug-likeness (QED) is 0.219. The van der Waals surface area contributed by atoms with Gasteiger partial charge in [0, 0.05) is 38.9 Å². The molecule has 5 nitrogen and oxygen atoms in total. The molecule has 0 fully saturated rings. The van der Waals surface area contributed by atoms with E-state index in [9.17, 15) is 10.5 Å². The summed E-state index contributed by atoms with van der Waals surface area (Å²) in [7, 11) is 0. The molecule has 0 aliphatic rings. The zero-order valence-electron chi connectivity index (χ0n) is 22.9. The number of aromatic nitrogens is 1. The molecule has 0 saturated heterocycles. The molecule has 0 unspecified atom stereocenters. The van der Waals surface area contributed by atoms with E-state index in [1.807, 2.05) is 66.7 Å². The van der Waals surface area contributed by atoms with Crippen molar-refractivity contribution in [2.75, 3.05) is 4.90 Å². The Labute approximate surface area is 247 Å². The van der Waals surface area contributed by atoms with E-state index in [4.69, 9.17) is 4.42 Å². The van der Waals surface area contributed by atoms with Gasteiger partial charge in [0.25, 0.3) is 0 Å². The molecule has 5 heteroatoms. The van der Waals surface area contributed by atoms with Gasteiger partial charge in [-0.15, -0.1) is 0 Å². The summed E-state index contributed by atoms with van der Waals surface area (Å²) in [6.07, 6.45) is 0. The number of hydrogen-bond donors (Lipinski definition) is 0. The van der Waals surface area contributed by atoms with Crippen molar-refractivity contribution >= 4 is 60.8 Å². The molecule has 0 spiro atoms. The van der Waals surface area contributed by atoms with Crippen molar-refractivity contribution in [1.82, 2.24) is 4.57 Å². The van der Waals surface area contributed by atoms with E-state index in [0.717, 1.165) is 66.5 Å². The lowest BCUT2D eigenvalue weighted by Crippen LogP contribution is -2.09. The maximum atomic E-state index is 9.75. The van der Waals surface area contributed by atoms with Crippen molar-refractivity contribution in [3.8, 4) is 17.8 Å². The third-order valence-electron chi connectivity index (χ3n) is 7.98. The molecule has 0 radical (unpaired) electrons. The summed E-state index contributed by atoms with van der Waals surface area (Å²) in [5, 5.41) is 23.6. The fourth-order valence-corrected chi connectivity index (χ4v) is 6.16. The molecule has 0 aliphatic carbocycles. The van der Waals surface area contributed by atoms with E-state index in [1.165, 1.54) is 0 Å². The van der Waals surface area contributed by atoms with Crippen molar-refractivity contribution in [3.63, 3.8) is 0 Å². The van der Waals surface area contributed by atoms with E-state index in [0.29, 0.717) is 11.1 Å². The molecule has 0 saturated carbocycles. The number of nitrogens with zero attached hydrogens (tertiary/aromatic N) is 4. The van der Waals surface area contributed by atoms with Gasteiger partial charge >= 0.3 is 0 Å². The lowest BCUT2D eigenvalue weighted by atomic mass is 10.1. The minimum Gasteiger partial charge on any atom is -0.455 e. The van der Waals surface area contributed by atoms with Crippen LogP contribution in [0.15, 0.2) is 138 Å². The molecule has 8 aromatic rings. The molecule has 6 aromatic carbocycles. The highest BCUT2D eigenvalue weighted by Gasteiger charge is 2.21. The van der Waals surface area contributed by atoms with Crippen molar-refractivity contribution in [2.45, 2.75) is 0 Å². The molecule has 0 aliphatic heterocycles. The highest BCUT2D eigenvalue weighted by Crippen LogP contribution is 2.43. The topological polar surface area (TPSA) is 68.9 Å². The van der Waals surface area contributed by atoms with Crippen LogP contribution in [0.25, 0.3) is 49.4 Å². The Morgan fingerprint density at radius 2 is 1.16 bits per heavy atom. The first-order chi connectivity index (χ1) is 21.2. The van der Waals surface area contributed by atoms with Crippen LogP contribution in [0.1, 0.15) is 11.1 Å². The van der Waals surface area contributed by atoms with E-state index in [-0.39, 0.29) is 0 Å². The van der Waals surface area contributed by atoms with Crippen molar-refractivity contribution < 1.29 is 4.42 Å². The Kier molecular flexibility index (Phi) is 5.50. The average molecular weight is 551 g/mol. The number of benzene rings is 6. The largest absolute Gasteiger partial charge is 0.455 e. The third-order valence-corrected chi connectivity index (χ3v) is 7.98. The molecule has 8 rings (SSSR count). The molecule has 0 amide bonds. The van der Waals surface area contributed by atoms with Gasteiger partial charge in [-0.05, 0) is 78.9 Å². The first-order valence-corrected chi connectivity index (χ1v) is 14.0. The van der Waals surface area contributed by atoms with Gasteiger partial charge in [0.15, 0.2) is 0 Å². The summed E-state index contributed by atoms with van der Waals surface area (Å²) in [5.41, 5.74) is 8.24. The maximum Gasteiger partial charge on any atom is 0.145 e. The number of rotatable bonds is 4. The van der Waals surface area contributed by atoms with Crippen LogP contribution in [-0.2, 0) is 0 Å². The smallest absolute Gasteiger partial charge is 0.145 e. The summed E-state index contributed by atoms with van der Waals surface area (Å²) < 4.78 is 8.67. The van der Waals surface area contributed by atoms with Crippen LogP contribution in [-0.4, -0.2) is 4.57 Å². The van der Waals surface area contributed by atoms with Crippen LogP contribution in [0.4, 0.5) is 17.1 Å². The summed E-state index contributed by atoms with van der Waals surface area (Å²) >= 11 is 0. The second kappa shape index (κ2) is 9.66. The average Bonchev–Trinajstić information content (AvgIpc) is 3.61. The predicted octanol–water partition coefficient (Wildman–Crippen LogP) is 9.90. The van der Waals surface area contributed by atoms with Crippen LogP contribution in [0.2, 0.25) is 0 Å². The monoisotopic (exact) mass is 550 g/mol. The standard InChI is InChI=1S/C38H22N4O/c39-23-25-19-26(24-40)21-30(20-25)42-34-17-15-29(41(27-9-3-1-4-10-27)28-11-5-2-6-12-28)22-33(34)37-35(42)18-16-32-31-13-7-8-14-36(31)43-38(32)37/h1-22H. The normalized spacial score (nSPS) is 11.2. The fraction of sp³-hybridized carbons (Fsp3) is 0. The SMILES string of the molecule is N#Cc1cc(C#N)cc(-n2c3ccc(N(c4ccccc4)c4ccccc4)cc3c3c4oc5ccccc5c4ccc32)c1. The summed E-state index contributed by atoms with van der Waals surface area (Å²) in [6.45, 7) is 0. The van der Waals surface area contributed by atoms with Gasteiger partial charge < -0.3 is 13.9 Å². The predicted molar refractivity (Wildman–Crippen MR) is 172 cm³/mol. The minimum absolute atomic E-state index is 0.435.